The van der Waals surface area contributed by atoms with Gasteiger partial charge in [-0.15, -0.1) is 12.6 Å². The van der Waals surface area contributed by atoms with Crippen LogP contribution in [0.4, 0.5) is 0 Å². The van der Waals surface area contributed by atoms with E-state index in [2.05, 4.69) is 17.4 Å². The molecule has 1 fully saturated rings. The van der Waals surface area contributed by atoms with Gasteiger partial charge in [0, 0.05) is 10.9 Å². The third kappa shape index (κ3) is 2.29. The highest BCUT2D eigenvalue weighted by atomic mass is 32.2. The number of thiol groups is 1. The molecular formula is C9H11NO2S2. The van der Waals surface area contributed by atoms with E-state index in [0.29, 0.717) is 4.90 Å². The Hall–Kier alpha value is -0.520. The molecule has 0 spiro atoms. The van der Waals surface area contributed by atoms with E-state index in [1.54, 1.807) is 24.3 Å². The van der Waals surface area contributed by atoms with Crippen LogP contribution in [-0.4, -0.2) is 14.5 Å². The van der Waals surface area contributed by atoms with Gasteiger partial charge in [0.25, 0.3) is 0 Å². The maximum Gasteiger partial charge on any atom is 0.240 e. The molecule has 0 heterocycles. The number of hydrogen-bond acceptors (Lipinski definition) is 3. The molecule has 76 valence electrons. The Kier molecular flexibility index (Phi) is 2.55. The van der Waals surface area contributed by atoms with E-state index in [1.165, 1.54) is 0 Å². The van der Waals surface area contributed by atoms with Gasteiger partial charge in [-0.2, -0.15) is 0 Å². The first-order valence-electron chi connectivity index (χ1n) is 4.39. The average molecular weight is 229 g/mol. The number of benzene rings is 1. The van der Waals surface area contributed by atoms with Crippen LogP contribution >= 0.6 is 12.6 Å². The SMILES string of the molecule is O=S(=O)(NC1CC1)c1ccc(S)cc1. The van der Waals surface area contributed by atoms with Crippen LogP contribution < -0.4 is 4.72 Å². The molecule has 1 N–H and O–H groups in total. The molecule has 14 heavy (non-hydrogen) atoms. The first-order chi connectivity index (χ1) is 6.58. The summed E-state index contributed by atoms with van der Waals surface area (Å²) in [7, 11) is -3.30. The second-order valence-corrected chi connectivity index (χ2v) is 5.62. The quantitative estimate of drug-likeness (QED) is 0.770. The molecule has 1 aliphatic carbocycles. The minimum Gasteiger partial charge on any atom is -0.208 e. The molecule has 0 aromatic heterocycles. The van der Waals surface area contributed by atoms with E-state index in [4.69, 9.17) is 0 Å². The van der Waals surface area contributed by atoms with Crippen LogP contribution in [0.2, 0.25) is 0 Å². The molecule has 0 unspecified atom stereocenters. The monoisotopic (exact) mass is 229 g/mol. The summed E-state index contributed by atoms with van der Waals surface area (Å²) in [4.78, 5) is 1.07. The second kappa shape index (κ2) is 3.56. The maximum atomic E-state index is 11.7. The van der Waals surface area contributed by atoms with Crippen molar-refractivity contribution in [2.75, 3.05) is 0 Å². The summed E-state index contributed by atoms with van der Waals surface area (Å²) in [6.07, 6.45) is 1.90. The van der Waals surface area contributed by atoms with Crippen molar-refractivity contribution in [1.29, 1.82) is 0 Å². The molecule has 3 nitrogen and oxygen atoms in total. The summed E-state index contributed by atoms with van der Waals surface area (Å²) in [5, 5.41) is 0. The zero-order chi connectivity index (χ0) is 10.2. The Labute approximate surface area is 89.0 Å². The number of hydrogen-bond donors (Lipinski definition) is 2. The summed E-state index contributed by atoms with van der Waals surface area (Å²) in [5.74, 6) is 0. The van der Waals surface area contributed by atoms with Crippen LogP contribution in [0.1, 0.15) is 12.8 Å². The van der Waals surface area contributed by atoms with Crippen LogP contribution in [-0.2, 0) is 10.0 Å². The lowest BCUT2D eigenvalue weighted by Gasteiger charge is -2.04. The van der Waals surface area contributed by atoms with Gasteiger partial charge < -0.3 is 0 Å². The largest absolute Gasteiger partial charge is 0.240 e. The van der Waals surface area contributed by atoms with Crippen LogP contribution in [0.3, 0.4) is 0 Å². The lowest BCUT2D eigenvalue weighted by molar-refractivity contribution is 0.581. The van der Waals surface area contributed by atoms with Crippen LogP contribution in [0, 0.1) is 0 Å². The van der Waals surface area contributed by atoms with Crippen LogP contribution in [0.15, 0.2) is 34.1 Å². The lowest BCUT2D eigenvalue weighted by Crippen LogP contribution is -2.25. The predicted octanol–water partition coefficient (Wildman–Crippen LogP) is 1.42. The molecule has 1 aliphatic rings. The number of nitrogens with one attached hydrogen (secondary N) is 1. The third-order valence-corrected chi connectivity index (χ3v) is 3.88. The first kappa shape index (κ1) is 10.0. The molecule has 0 aliphatic heterocycles. The highest BCUT2D eigenvalue weighted by molar-refractivity contribution is 7.89. The van der Waals surface area contributed by atoms with Gasteiger partial charge in [0.15, 0.2) is 0 Å². The van der Waals surface area contributed by atoms with E-state index in [1.807, 2.05) is 0 Å². The predicted molar refractivity (Wildman–Crippen MR) is 57.0 cm³/mol. The fourth-order valence-electron chi connectivity index (χ4n) is 1.11. The van der Waals surface area contributed by atoms with E-state index in [0.717, 1.165) is 17.7 Å². The van der Waals surface area contributed by atoms with Crippen molar-refractivity contribution in [1.82, 2.24) is 4.72 Å². The van der Waals surface area contributed by atoms with Crippen molar-refractivity contribution in [2.45, 2.75) is 28.7 Å². The van der Waals surface area contributed by atoms with Gasteiger partial charge in [-0.25, -0.2) is 13.1 Å². The highest BCUT2D eigenvalue weighted by Crippen LogP contribution is 2.22. The fraction of sp³-hybridized carbons (Fsp3) is 0.333. The van der Waals surface area contributed by atoms with Crippen molar-refractivity contribution < 1.29 is 8.42 Å². The van der Waals surface area contributed by atoms with E-state index in [9.17, 15) is 8.42 Å². The Morgan fingerprint density at radius 3 is 2.29 bits per heavy atom. The Morgan fingerprint density at radius 2 is 1.79 bits per heavy atom. The van der Waals surface area contributed by atoms with Gasteiger partial charge in [0.1, 0.15) is 0 Å². The van der Waals surface area contributed by atoms with Gasteiger partial charge in [-0.1, -0.05) is 0 Å². The second-order valence-electron chi connectivity index (χ2n) is 3.39. The highest BCUT2D eigenvalue weighted by Gasteiger charge is 2.27. The molecule has 1 aromatic carbocycles. The topological polar surface area (TPSA) is 46.2 Å². The van der Waals surface area contributed by atoms with Gasteiger partial charge in [0.2, 0.25) is 10.0 Å². The number of rotatable bonds is 3. The summed E-state index contributed by atoms with van der Waals surface area (Å²) < 4.78 is 25.9. The zero-order valence-corrected chi connectivity index (χ0v) is 9.18. The molecule has 2 rings (SSSR count). The van der Waals surface area contributed by atoms with E-state index < -0.39 is 10.0 Å². The smallest absolute Gasteiger partial charge is 0.208 e. The van der Waals surface area contributed by atoms with Crippen LogP contribution in [0.5, 0.6) is 0 Å². The first-order valence-corrected chi connectivity index (χ1v) is 6.32. The molecule has 0 amide bonds. The van der Waals surface area contributed by atoms with Crippen molar-refractivity contribution >= 4 is 22.7 Å². The summed E-state index contributed by atoms with van der Waals surface area (Å²) >= 11 is 4.09. The maximum absolute atomic E-state index is 11.7. The summed E-state index contributed by atoms with van der Waals surface area (Å²) in [5.41, 5.74) is 0. The minimum absolute atomic E-state index is 0.149. The molecule has 1 saturated carbocycles. The van der Waals surface area contributed by atoms with Crippen molar-refractivity contribution in [3.8, 4) is 0 Å². The summed E-state index contributed by atoms with van der Waals surface area (Å²) in [6, 6.07) is 6.62. The van der Waals surface area contributed by atoms with Crippen molar-refractivity contribution in [2.24, 2.45) is 0 Å². The lowest BCUT2D eigenvalue weighted by atomic mass is 10.4. The molecule has 1 aromatic rings. The standard InChI is InChI=1S/C9H11NO2S2/c11-14(12,10-7-1-2-7)9-5-3-8(13)4-6-9/h3-7,10,13H,1-2H2. The Bertz CT molecular complexity index is 421. The van der Waals surface area contributed by atoms with Gasteiger partial charge in [-0.05, 0) is 37.1 Å². The number of sulfonamides is 1. The average Bonchev–Trinajstić information content (AvgIpc) is 2.88. The van der Waals surface area contributed by atoms with E-state index in [-0.39, 0.29) is 6.04 Å². The van der Waals surface area contributed by atoms with Crippen LogP contribution in [0.25, 0.3) is 0 Å². The molecule has 0 bridgehead atoms. The Morgan fingerprint density at radius 1 is 1.21 bits per heavy atom. The molecule has 5 heteroatoms. The fourth-order valence-corrected chi connectivity index (χ4v) is 2.57. The van der Waals surface area contributed by atoms with Gasteiger partial charge in [-0.3, -0.25) is 0 Å². The van der Waals surface area contributed by atoms with Crippen molar-refractivity contribution in [3.63, 3.8) is 0 Å². The van der Waals surface area contributed by atoms with Gasteiger partial charge >= 0.3 is 0 Å². The Balaban J connectivity index is 2.24. The minimum atomic E-state index is -3.30. The van der Waals surface area contributed by atoms with E-state index >= 15 is 0 Å². The molecule has 0 saturated heterocycles. The molecule has 0 radical (unpaired) electrons. The van der Waals surface area contributed by atoms with Gasteiger partial charge in [0.05, 0.1) is 4.90 Å². The summed E-state index contributed by atoms with van der Waals surface area (Å²) in [6.45, 7) is 0. The molecule has 0 atom stereocenters. The zero-order valence-electron chi connectivity index (χ0n) is 7.47. The third-order valence-electron chi connectivity index (χ3n) is 2.05. The van der Waals surface area contributed by atoms with Crippen molar-refractivity contribution in [3.05, 3.63) is 24.3 Å². The molecular weight excluding hydrogens is 218 g/mol. The normalized spacial score (nSPS) is 16.9.